The molecule has 5 heteroatoms. The van der Waals surface area contributed by atoms with Crippen molar-refractivity contribution in [1.29, 1.82) is 0 Å². The molecule has 0 aromatic carbocycles. The van der Waals surface area contributed by atoms with Gasteiger partial charge in [0.2, 0.25) is 0 Å². The number of aromatic nitrogens is 1. The van der Waals surface area contributed by atoms with E-state index in [9.17, 15) is 0 Å². The van der Waals surface area contributed by atoms with Crippen molar-refractivity contribution in [2.24, 2.45) is 0 Å². The molecule has 2 fully saturated rings. The molecule has 0 amide bonds. The molecule has 4 nitrogen and oxygen atoms in total. The Morgan fingerprint density at radius 3 is 3.00 bits per heavy atom. The molecular weight excluding hydrogens is 280 g/mol. The fourth-order valence-corrected chi connectivity index (χ4v) is 5.63. The first-order chi connectivity index (χ1) is 10.3. The number of hydrogen-bond donors (Lipinski definition) is 1. The fraction of sp³-hybridized carbons (Fsp3) is 0.812. The zero-order valence-electron chi connectivity index (χ0n) is 13.1. The van der Waals surface area contributed by atoms with Crippen LogP contribution in [0.15, 0.2) is 0 Å². The number of nitrogens with one attached hydrogen (secondary N) is 1. The third kappa shape index (κ3) is 2.39. The Balaban J connectivity index is 1.60. The van der Waals surface area contributed by atoms with Crippen LogP contribution in [0, 0.1) is 0 Å². The number of rotatable bonds is 2. The van der Waals surface area contributed by atoms with E-state index in [0.717, 1.165) is 6.04 Å². The summed E-state index contributed by atoms with van der Waals surface area (Å²) in [5.41, 5.74) is 1.36. The highest BCUT2D eigenvalue weighted by atomic mass is 32.1. The maximum Gasteiger partial charge on any atom is 0.186 e. The summed E-state index contributed by atoms with van der Waals surface area (Å²) in [4.78, 5) is 11.8. The molecule has 3 aliphatic rings. The summed E-state index contributed by atoms with van der Waals surface area (Å²) in [6.07, 6.45) is 6.45. The standard InChI is InChI=1S/C16H26N4S/c1-11-9-19-8-4-5-12(19)10-20(11)16-18-14-7-3-6-13(17-2)15(14)21-16/h11-13,17H,3-10H2,1-2H3. The van der Waals surface area contributed by atoms with Crippen molar-refractivity contribution in [2.45, 2.75) is 57.2 Å². The molecule has 2 saturated heterocycles. The molecule has 21 heavy (non-hydrogen) atoms. The zero-order chi connectivity index (χ0) is 14.4. The van der Waals surface area contributed by atoms with Gasteiger partial charge < -0.3 is 10.2 Å². The number of anilines is 1. The highest BCUT2D eigenvalue weighted by Gasteiger charge is 2.36. The summed E-state index contributed by atoms with van der Waals surface area (Å²) < 4.78 is 0. The lowest BCUT2D eigenvalue weighted by Gasteiger charge is -2.42. The summed E-state index contributed by atoms with van der Waals surface area (Å²) >= 11 is 1.95. The van der Waals surface area contributed by atoms with Gasteiger partial charge in [0.05, 0.1) is 5.69 Å². The number of thiazole rings is 1. The molecule has 3 heterocycles. The summed E-state index contributed by atoms with van der Waals surface area (Å²) in [5, 5.41) is 4.75. The number of nitrogens with zero attached hydrogens (tertiary/aromatic N) is 3. The van der Waals surface area contributed by atoms with Crippen LogP contribution in [-0.4, -0.2) is 48.6 Å². The van der Waals surface area contributed by atoms with E-state index in [1.165, 1.54) is 67.4 Å². The molecule has 1 aromatic heterocycles. The SMILES string of the molecule is CNC1CCCc2nc(N3CC4CCCN4CC3C)sc21. The van der Waals surface area contributed by atoms with Crippen molar-refractivity contribution in [3.05, 3.63) is 10.6 Å². The van der Waals surface area contributed by atoms with Crippen LogP contribution in [-0.2, 0) is 6.42 Å². The van der Waals surface area contributed by atoms with Crippen molar-refractivity contribution in [1.82, 2.24) is 15.2 Å². The molecule has 2 aliphatic heterocycles. The predicted octanol–water partition coefficient (Wildman–Crippen LogP) is 2.41. The van der Waals surface area contributed by atoms with E-state index in [1.807, 2.05) is 11.3 Å². The van der Waals surface area contributed by atoms with Crippen LogP contribution in [0.2, 0.25) is 0 Å². The van der Waals surface area contributed by atoms with Gasteiger partial charge >= 0.3 is 0 Å². The Morgan fingerprint density at radius 1 is 1.24 bits per heavy atom. The van der Waals surface area contributed by atoms with E-state index in [1.54, 1.807) is 0 Å². The van der Waals surface area contributed by atoms with E-state index >= 15 is 0 Å². The summed E-state index contributed by atoms with van der Waals surface area (Å²) in [7, 11) is 2.08. The van der Waals surface area contributed by atoms with Crippen molar-refractivity contribution in [3.8, 4) is 0 Å². The number of hydrogen-bond acceptors (Lipinski definition) is 5. The molecule has 0 spiro atoms. The first kappa shape index (κ1) is 14.0. The zero-order valence-corrected chi connectivity index (χ0v) is 14.0. The second-order valence-corrected chi connectivity index (χ2v) is 7.84. The highest BCUT2D eigenvalue weighted by Crippen LogP contribution is 2.39. The van der Waals surface area contributed by atoms with E-state index in [4.69, 9.17) is 4.98 Å². The van der Waals surface area contributed by atoms with E-state index in [2.05, 4.69) is 29.1 Å². The van der Waals surface area contributed by atoms with Crippen LogP contribution in [0.1, 0.15) is 49.2 Å². The van der Waals surface area contributed by atoms with Gasteiger partial charge in [-0.05, 0) is 52.6 Å². The van der Waals surface area contributed by atoms with Gasteiger partial charge in [0.1, 0.15) is 0 Å². The molecule has 116 valence electrons. The van der Waals surface area contributed by atoms with Gasteiger partial charge in [-0.1, -0.05) is 11.3 Å². The van der Waals surface area contributed by atoms with Crippen molar-refractivity contribution in [2.75, 3.05) is 31.6 Å². The Bertz CT molecular complexity index is 514. The lowest BCUT2D eigenvalue weighted by molar-refractivity contribution is 0.203. The third-order valence-electron chi connectivity index (χ3n) is 5.47. The summed E-state index contributed by atoms with van der Waals surface area (Å²) in [6.45, 7) is 6.06. The fourth-order valence-electron chi connectivity index (χ4n) is 4.26. The molecule has 4 rings (SSSR count). The Hall–Kier alpha value is -0.650. The van der Waals surface area contributed by atoms with E-state index in [-0.39, 0.29) is 0 Å². The Kier molecular flexibility index (Phi) is 3.67. The smallest absolute Gasteiger partial charge is 0.186 e. The molecule has 1 aliphatic carbocycles. The average molecular weight is 306 g/mol. The van der Waals surface area contributed by atoms with Gasteiger partial charge in [0.15, 0.2) is 5.13 Å². The van der Waals surface area contributed by atoms with E-state index in [0.29, 0.717) is 12.1 Å². The van der Waals surface area contributed by atoms with Gasteiger partial charge in [-0.3, -0.25) is 4.90 Å². The first-order valence-electron chi connectivity index (χ1n) is 8.44. The molecule has 0 radical (unpaired) electrons. The molecule has 0 saturated carbocycles. The van der Waals surface area contributed by atoms with Crippen molar-refractivity contribution in [3.63, 3.8) is 0 Å². The van der Waals surface area contributed by atoms with Gasteiger partial charge in [0.25, 0.3) is 0 Å². The second kappa shape index (κ2) is 5.52. The van der Waals surface area contributed by atoms with Crippen molar-refractivity contribution < 1.29 is 0 Å². The number of aryl methyl sites for hydroxylation is 1. The van der Waals surface area contributed by atoms with E-state index < -0.39 is 0 Å². The van der Waals surface area contributed by atoms with Crippen LogP contribution < -0.4 is 10.2 Å². The first-order valence-corrected chi connectivity index (χ1v) is 9.25. The van der Waals surface area contributed by atoms with Crippen LogP contribution in [0.4, 0.5) is 5.13 Å². The minimum Gasteiger partial charge on any atom is -0.343 e. The largest absolute Gasteiger partial charge is 0.343 e. The highest BCUT2D eigenvalue weighted by molar-refractivity contribution is 7.15. The summed E-state index contributed by atoms with van der Waals surface area (Å²) in [6, 6.07) is 1.89. The summed E-state index contributed by atoms with van der Waals surface area (Å²) in [5.74, 6) is 0. The third-order valence-corrected chi connectivity index (χ3v) is 6.72. The van der Waals surface area contributed by atoms with Crippen LogP contribution >= 0.6 is 11.3 Å². The molecular formula is C16H26N4S. The Morgan fingerprint density at radius 2 is 2.14 bits per heavy atom. The minimum atomic E-state index is 0.531. The molecule has 3 atom stereocenters. The maximum absolute atomic E-state index is 5.02. The van der Waals surface area contributed by atoms with Crippen molar-refractivity contribution >= 4 is 16.5 Å². The molecule has 0 bridgehead atoms. The lowest BCUT2D eigenvalue weighted by atomic mass is 9.98. The van der Waals surface area contributed by atoms with Gasteiger partial charge in [-0.2, -0.15) is 0 Å². The lowest BCUT2D eigenvalue weighted by Crippen LogP contribution is -2.55. The number of fused-ring (bicyclic) bond motifs is 2. The molecule has 1 N–H and O–H groups in total. The molecule has 3 unspecified atom stereocenters. The molecule has 1 aromatic rings. The Labute approximate surface area is 131 Å². The van der Waals surface area contributed by atoms with Gasteiger partial charge in [-0.25, -0.2) is 4.98 Å². The van der Waals surface area contributed by atoms with Crippen LogP contribution in [0.25, 0.3) is 0 Å². The van der Waals surface area contributed by atoms with Gasteiger partial charge in [0, 0.05) is 36.1 Å². The second-order valence-electron chi connectivity index (χ2n) is 6.83. The average Bonchev–Trinajstić information content (AvgIpc) is 3.11. The predicted molar refractivity (Wildman–Crippen MR) is 88.3 cm³/mol. The normalized spacial score (nSPS) is 33.0. The topological polar surface area (TPSA) is 31.4 Å². The number of piperazine rings is 1. The quantitative estimate of drug-likeness (QED) is 0.909. The van der Waals surface area contributed by atoms with Crippen LogP contribution in [0.3, 0.4) is 0 Å². The maximum atomic E-state index is 5.02. The minimum absolute atomic E-state index is 0.531. The van der Waals surface area contributed by atoms with Gasteiger partial charge in [-0.15, -0.1) is 0 Å². The monoisotopic (exact) mass is 306 g/mol. The van der Waals surface area contributed by atoms with Crippen LogP contribution in [0.5, 0.6) is 0 Å².